The van der Waals surface area contributed by atoms with Gasteiger partial charge in [0.1, 0.15) is 5.82 Å². The Kier molecular flexibility index (Phi) is 4.28. The molecule has 0 bridgehead atoms. The van der Waals surface area contributed by atoms with Crippen LogP contribution < -0.4 is 0 Å². The van der Waals surface area contributed by atoms with E-state index in [9.17, 15) is 4.79 Å². The predicted molar refractivity (Wildman–Crippen MR) is 72.6 cm³/mol. The van der Waals surface area contributed by atoms with Crippen LogP contribution in [0.1, 0.15) is 35.4 Å². The van der Waals surface area contributed by atoms with Gasteiger partial charge in [-0.25, -0.2) is 4.98 Å². The number of hydrogen-bond acceptors (Lipinski definition) is 3. The fourth-order valence-electron chi connectivity index (χ4n) is 1.84. The fraction of sp³-hybridized carbons (Fsp3) is 0.357. The summed E-state index contributed by atoms with van der Waals surface area (Å²) in [4.78, 5) is 18.0. The van der Waals surface area contributed by atoms with E-state index in [1.165, 1.54) is 0 Å². The predicted octanol–water partition coefficient (Wildman–Crippen LogP) is 2.03. The number of H-pyrrole nitrogens is 1. The van der Waals surface area contributed by atoms with Crippen LogP contribution in [0, 0.1) is 0 Å². The lowest BCUT2D eigenvalue weighted by molar-refractivity contribution is 0.0773. The molecule has 0 atom stereocenters. The lowest BCUT2D eigenvalue weighted by Crippen LogP contribution is -2.27. The van der Waals surface area contributed by atoms with Crippen molar-refractivity contribution in [1.82, 2.24) is 20.1 Å². The second kappa shape index (κ2) is 6.13. The number of rotatable bonds is 5. The lowest BCUT2D eigenvalue weighted by Gasteiger charge is -2.15. The zero-order valence-electron chi connectivity index (χ0n) is 11.3. The van der Waals surface area contributed by atoms with Gasteiger partial charge in [-0.05, 0) is 12.0 Å². The molecule has 1 N–H and O–H groups in total. The molecule has 19 heavy (non-hydrogen) atoms. The summed E-state index contributed by atoms with van der Waals surface area (Å²) in [7, 11) is 1.76. The molecule has 0 saturated carbocycles. The molecule has 0 aliphatic rings. The van der Waals surface area contributed by atoms with Gasteiger partial charge in [0, 0.05) is 20.0 Å². The van der Waals surface area contributed by atoms with Crippen molar-refractivity contribution >= 4 is 5.91 Å². The molecule has 2 aromatic rings. The number of carbonyl (C=O) groups excluding carboxylic acids is 1. The number of aryl methyl sites for hydroxylation is 1. The zero-order chi connectivity index (χ0) is 13.7. The molecular formula is C14H18N4O. The highest BCUT2D eigenvalue weighted by molar-refractivity contribution is 5.90. The average molecular weight is 258 g/mol. The smallest absolute Gasteiger partial charge is 0.293 e. The van der Waals surface area contributed by atoms with E-state index in [4.69, 9.17) is 0 Å². The Hall–Kier alpha value is -2.17. The summed E-state index contributed by atoms with van der Waals surface area (Å²) in [6, 6.07) is 9.85. The monoisotopic (exact) mass is 258 g/mol. The Morgan fingerprint density at radius 3 is 2.74 bits per heavy atom. The second-order valence-corrected chi connectivity index (χ2v) is 4.50. The molecule has 0 unspecified atom stereocenters. The van der Waals surface area contributed by atoms with E-state index in [2.05, 4.69) is 22.1 Å². The molecule has 2 rings (SSSR count). The Balaban J connectivity index is 2.02. The van der Waals surface area contributed by atoms with Crippen LogP contribution in [0.5, 0.6) is 0 Å². The molecule has 0 aliphatic carbocycles. The Morgan fingerprint density at radius 1 is 1.32 bits per heavy atom. The molecule has 5 heteroatoms. The quantitative estimate of drug-likeness (QED) is 0.892. The van der Waals surface area contributed by atoms with Gasteiger partial charge < -0.3 is 4.90 Å². The van der Waals surface area contributed by atoms with Gasteiger partial charge >= 0.3 is 0 Å². The van der Waals surface area contributed by atoms with Crippen molar-refractivity contribution in [3.05, 3.63) is 47.5 Å². The van der Waals surface area contributed by atoms with Gasteiger partial charge in [-0.15, -0.1) is 5.10 Å². The second-order valence-electron chi connectivity index (χ2n) is 4.50. The van der Waals surface area contributed by atoms with Crippen LogP contribution in [0.15, 0.2) is 30.3 Å². The first kappa shape index (κ1) is 13.3. The molecule has 100 valence electrons. The third-order valence-corrected chi connectivity index (χ3v) is 2.82. The number of aromatic amines is 1. The van der Waals surface area contributed by atoms with E-state index < -0.39 is 0 Å². The SMILES string of the molecule is CCCc1nc(C(=O)N(C)Cc2ccccc2)n[nH]1. The maximum absolute atomic E-state index is 12.1. The Bertz CT molecular complexity index is 535. The minimum Gasteiger partial charge on any atom is -0.335 e. The Labute approximate surface area is 112 Å². The molecule has 1 heterocycles. The number of carbonyl (C=O) groups is 1. The highest BCUT2D eigenvalue weighted by atomic mass is 16.2. The number of amides is 1. The van der Waals surface area contributed by atoms with E-state index in [1.54, 1.807) is 11.9 Å². The van der Waals surface area contributed by atoms with E-state index in [-0.39, 0.29) is 11.7 Å². The van der Waals surface area contributed by atoms with Crippen LogP contribution in [-0.4, -0.2) is 33.0 Å². The largest absolute Gasteiger partial charge is 0.335 e. The van der Waals surface area contributed by atoms with Crippen LogP contribution in [0.4, 0.5) is 0 Å². The number of aromatic nitrogens is 3. The first-order chi connectivity index (χ1) is 9.20. The summed E-state index contributed by atoms with van der Waals surface area (Å²) in [5.74, 6) is 0.836. The molecule has 0 fully saturated rings. The summed E-state index contributed by atoms with van der Waals surface area (Å²) in [5, 5.41) is 6.77. The van der Waals surface area contributed by atoms with Crippen LogP contribution >= 0.6 is 0 Å². The van der Waals surface area contributed by atoms with Crippen molar-refractivity contribution in [2.24, 2.45) is 0 Å². The molecule has 0 radical (unpaired) electrons. The van der Waals surface area contributed by atoms with Crippen molar-refractivity contribution in [3.63, 3.8) is 0 Å². The van der Waals surface area contributed by atoms with Gasteiger partial charge in [-0.3, -0.25) is 9.89 Å². The summed E-state index contributed by atoms with van der Waals surface area (Å²) in [6.45, 7) is 2.61. The maximum Gasteiger partial charge on any atom is 0.293 e. The molecule has 1 aromatic carbocycles. The third kappa shape index (κ3) is 3.40. The van der Waals surface area contributed by atoms with E-state index in [1.807, 2.05) is 30.3 Å². The first-order valence-corrected chi connectivity index (χ1v) is 6.41. The standard InChI is InChI=1S/C14H18N4O/c1-3-7-12-15-13(17-16-12)14(19)18(2)10-11-8-5-4-6-9-11/h4-6,8-9H,3,7,10H2,1-2H3,(H,15,16,17). The summed E-state index contributed by atoms with van der Waals surface area (Å²) < 4.78 is 0. The van der Waals surface area contributed by atoms with Gasteiger partial charge in [0.2, 0.25) is 5.82 Å². The van der Waals surface area contributed by atoms with Crippen LogP contribution in [0.3, 0.4) is 0 Å². The number of hydrogen-bond donors (Lipinski definition) is 1. The maximum atomic E-state index is 12.1. The third-order valence-electron chi connectivity index (χ3n) is 2.82. The molecular weight excluding hydrogens is 240 g/mol. The van der Waals surface area contributed by atoms with Crippen molar-refractivity contribution in [3.8, 4) is 0 Å². The Morgan fingerprint density at radius 2 is 2.05 bits per heavy atom. The topological polar surface area (TPSA) is 61.9 Å². The highest BCUT2D eigenvalue weighted by Gasteiger charge is 2.16. The number of nitrogens with one attached hydrogen (secondary N) is 1. The van der Waals surface area contributed by atoms with Crippen LogP contribution in [0.25, 0.3) is 0 Å². The minimum absolute atomic E-state index is 0.164. The van der Waals surface area contributed by atoms with E-state index >= 15 is 0 Å². The van der Waals surface area contributed by atoms with E-state index in [0.717, 1.165) is 24.2 Å². The van der Waals surface area contributed by atoms with Crippen molar-refractivity contribution in [2.75, 3.05) is 7.05 Å². The van der Waals surface area contributed by atoms with Crippen molar-refractivity contribution in [1.29, 1.82) is 0 Å². The molecule has 1 aromatic heterocycles. The van der Waals surface area contributed by atoms with Gasteiger partial charge in [0.15, 0.2) is 0 Å². The van der Waals surface area contributed by atoms with Crippen LogP contribution in [0.2, 0.25) is 0 Å². The molecule has 0 aliphatic heterocycles. The number of nitrogens with zero attached hydrogens (tertiary/aromatic N) is 3. The number of benzene rings is 1. The van der Waals surface area contributed by atoms with Gasteiger partial charge in [0.25, 0.3) is 5.91 Å². The normalized spacial score (nSPS) is 10.4. The van der Waals surface area contributed by atoms with Gasteiger partial charge in [-0.1, -0.05) is 37.3 Å². The first-order valence-electron chi connectivity index (χ1n) is 6.41. The molecule has 0 saturated heterocycles. The van der Waals surface area contributed by atoms with Crippen molar-refractivity contribution in [2.45, 2.75) is 26.3 Å². The minimum atomic E-state index is -0.164. The van der Waals surface area contributed by atoms with Crippen LogP contribution in [-0.2, 0) is 13.0 Å². The molecule has 1 amide bonds. The van der Waals surface area contributed by atoms with Crippen molar-refractivity contribution < 1.29 is 4.79 Å². The lowest BCUT2D eigenvalue weighted by atomic mass is 10.2. The zero-order valence-corrected chi connectivity index (χ0v) is 11.3. The summed E-state index contributed by atoms with van der Waals surface area (Å²) >= 11 is 0. The van der Waals surface area contributed by atoms with E-state index in [0.29, 0.717) is 6.54 Å². The van der Waals surface area contributed by atoms with Gasteiger partial charge in [-0.2, -0.15) is 0 Å². The average Bonchev–Trinajstić information content (AvgIpc) is 2.88. The summed E-state index contributed by atoms with van der Waals surface area (Å²) in [6.07, 6.45) is 1.78. The van der Waals surface area contributed by atoms with Gasteiger partial charge in [0.05, 0.1) is 0 Å². The fourth-order valence-corrected chi connectivity index (χ4v) is 1.84. The highest BCUT2D eigenvalue weighted by Crippen LogP contribution is 2.06. The molecule has 5 nitrogen and oxygen atoms in total. The summed E-state index contributed by atoms with van der Waals surface area (Å²) in [5.41, 5.74) is 1.09. The molecule has 0 spiro atoms.